The lowest BCUT2D eigenvalue weighted by Crippen LogP contribution is -2.41. The van der Waals surface area contributed by atoms with Crippen molar-refractivity contribution in [1.29, 1.82) is 0 Å². The molecule has 6 nitrogen and oxygen atoms in total. The zero-order valence-electron chi connectivity index (χ0n) is 15.4. The van der Waals surface area contributed by atoms with Crippen LogP contribution in [0.4, 0.5) is 5.13 Å². The monoisotopic (exact) mass is 407 g/mol. The Morgan fingerprint density at radius 1 is 1.33 bits per heavy atom. The average Bonchev–Trinajstić information content (AvgIpc) is 3.19. The van der Waals surface area contributed by atoms with Crippen molar-refractivity contribution >= 4 is 32.2 Å². The van der Waals surface area contributed by atoms with Gasteiger partial charge in [-0.25, -0.2) is 13.4 Å². The maximum Gasteiger partial charge on any atom is 0.220 e. The number of rotatable bonds is 7. The number of nitrogens with one attached hydrogen (secondary N) is 1. The van der Waals surface area contributed by atoms with E-state index in [4.69, 9.17) is 0 Å². The molecule has 1 atom stereocenters. The minimum atomic E-state index is -3.18. The Balaban J connectivity index is 1.42. The number of carbonyl (C=O) groups is 1. The standard InChI is InChI=1S/C19H25N3O3S2/c1-27(24,25)17-7-4-15(5-8-17)6-9-18(23)21-13-16-3-2-11-22(14-16)19-20-10-12-26-19/h4-5,7-8,10,12,16H,2-3,6,9,11,13-14H2,1H3,(H,21,23). The second-order valence-electron chi connectivity index (χ2n) is 6.99. The van der Waals surface area contributed by atoms with Crippen LogP contribution in [0.3, 0.4) is 0 Å². The number of sulfone groups is 1. The Kier molecular flexibility index (Phi) is 6.49. The van der Waals surface area contributed by atoms with E-state index in [1.807, 2.05) is 11.6 Å². The van der Waals surface area contributed by atoms with E-state index >= 15 is 0 Å². The van der Waals surface area contributed by atoms with Crippen molar-refractivity contribution < 1.29 is 13.2 Å². The van der Waals surface area contributed by atoms with E-state index in [-0.39, 0.29) is 5.91 Å². The molecular weight excluding hydrogens is 382 g/mol. The van der Waals surface area contributed by atoms with Crippen LogP contribution in [-0.4, -0.2) is 45.2 Å². The molecule has 1 N–H and O–H groups in total. The minimum Gasteiger partial charge on any atom is -0.356 e. The van der Waals surface area contributed by atoms with Crippen LogP contribution >= 0.6 is 11.3 Å². The van der Waals surface area contributed by atoms with E-state index in [9.17, 15) is 13.2 Å². The van der Waals surface area contributed by atoms with Crippen molar-refractivity contribution in [3.8, 4) is 0 Å². The first-order chi connectivity index (χ1) is 12.9. The van der Waals surface area contributed by atoms with E-state index in [1.54, 1.807) is 35.6 Å². The van der Waals surface area contributed by atoms with Crippen LogP contribution in [0, 0.1) is 5.92 Å². The lowest BCUT2D eigenvalue weighted by atomic mass is 9.98. The van der Waals surface area contributed by atoms with E-state index in [0.29, 0.717) is 30.2 Å². The van der Waals surface area contributed by atoms with Gasteiger partial charge in [0.05, 0.1) is 4.90 Å². The SMILES string of the molecule is CS(=O)(=O)c1ccc(CCC(=O)NCC2CCCN(c3nccs3)C2)cc1. The predicted molar refractivity (Wildman–Crippen MR) is 108 cm³/mol. The first-order valence-electron chi connectivity index (χ1n) is 9.12. The van der Waals surface area contributed by atoms with Gasteiger partial charge in [0.25, 0.3) is 0 Å². The average molecular weight is 408 g/mol. The molecule has 8 heteroatoms. The molecule has 0 spiro atoms. The molecule has 0 saturated carbocycles. The summed E-state index contributed by atoms with van der Waals surface area (Å²) in [7, 11) is -3.18. The van der Waals surface area contributed by atoms with Gasteiger partial charge in [-0.2, -0.15) is 0 Å². The summed E-state index contributed by atoms with van der Waals surface area (Å²) in [6.45, 7) is 2.65. The van der Waals surface area contributed by atoms with E-state index < -0.39 is 9.84 Å². The quantitative estimate of drug-likeness (QED) is 0.763. The lowest BCUT2D eigenvalue weighted by Gasteiger charge is -2.32. The fourth-order valence-electron chi connectivity index (χ4n) is 3.29. The fraction of sp³-hybridized carbons (Fsp3) is 0.474. The minimum absolute atomic E-state index is 0.0357. The molecule has 0 bridgehead atoms. The van der Waals surface area contributed by atoms with E-state index in [0.717, 1.165) is 36.6 Å². The molecule has 1 saturated heterocycles. The van der Waals surface area contributed by atoms with Crippen molar-refractivity contribution in [3.63, 3.8) is 0 Å². The van der Waals surface area contributed by atoms with Gasteiger partial charge in [0.15, 0.2) is 15.0 Å². The summed E-state index contributed by atoms with van der Waals surface area (Å²) in [5, 5.41) is 6.09. The summed E-state index contributed by atoms with van der Waals surface area (Å²) in [6, 6.07) is 6.74. The zero-order valence-corrected chi connectivity index (χ0v) is 17.1. The van der Waals surface area contributed by atoms with Crippen LogP contribution in [0.25, 0.3) is 0 Å². The number of thiazole rings is 1. The highest BCUT2D eigenvalue weighted by molar-refractivity contribution is 7.90. The van der Waals surface area contributed by atoms with Crippen LogP contribution in [0.5, 0.6) is 0 Å². The molecule has 146 valence electrons. The molecule has 1 aromatic carbocycles. The van der Waals surface area contributed by atoms with Gasteiger partial charge >= 0.3 is 0 Å². The fourth-order valence-corrected chi connectivity index (χ4v) is 4.60. The number of piperidine rings is 1. The van der Waals surface area contributed by atoms with Gasteiger partial charge < -0.3 is 10.2 Å². The summed E-state index contributed by atoms with van der Waals surface area (Å²) >= 11 is 1.65. The van der Waals surface area contributed by atoms with Crippen molar-refractivity contribution in [3.05, 3.63) is 41.4 Å². The number of nitrogens with zero attached hydrogens (tertiary/aromatic N) is 2. The molecule has 0 aliphatic carbocycles. The number of anilines is 1. The van der Waals surface area contributed by atoms with Crippen molar-refractivity contribution in [2.45, 2.75) is 30.6 Å². The van der Waals surface area contributed by atoms with Gasteiger partial charge in [-0.3, -0.25) is 4.79 Å². The van der Waals surface area contributed by atoms with Gasteiger partial charge in [-0.15, -0.1) is 11.3 Å². The second kappa shape index (κ2) is 8.84. The second-order valence-corrected chi connectivity index (χ2v) is 9.88. The van der Waals surface area contributed by atoms with Crippen LogP contribution in [0.2, 0.25) is 0 Å². The number of hydrogen-bond donors (Lipinski definition) is 1. The number of amides is 1. The van der Waals surface area contributed by atoms with E-state index in [1.165, 1.54) is 6.26 Å². The zero-order chi connectivity index (χ0) is 19.3. The van der Waals surface area contributed by atoms with Gasteiger partial charge in [0.1, 0.15) is 0 Å². The third kappa shape index (κ3) is 5.77. The normalized spacial score (nSPS) is 17.7. The molecule has 0 radical (unpaired) electrons. The van der Waals surface area contributed by atoms with E-state index in [2.05, 4.69) is 15.2 Å². The Bertz CT molecular complexity index is 849. The smallest absolute Gasteiger partial charge is 0.220 e. The molecule has 1 aliphatic rings. The van der Waals surface area contributed by atoms with Crippen LogP contribution in [-0.2, 0) is 21.1 Å². The Hall–Kier alpha value is -1.93. The molecule has 1 unspecified atom stereocenters. The third-order valence-corrected chi connectivity index (χ3v) is 6.75. The maximum absolute atomic E-state index is 12.2. The number of carbonyl (C=O) groups excluding carboxylic acids is 1. The van der Waals surface area contributed by atoms with Crippen LogP contribution in [0.1, 0.15) is 24.8 Å². The number of benzene rings is 1. The highest BCUT2D eigenvalue weighted by Crippen LogP contribution is 2.24. The Morgan fingerprint density at radius 3 is 2.78 bits per heavy atom. The van der Waals surface area contributed by atoms with Gasteiger partial charge in [-0.05, 0) is 42.9 Å². The van der Waals surface area contributed by atoms with Crippen molar-refractivity contribution in [2.75, 3.05) is 30.8 Å². The van der Waals surface area contributed by atoms with Crippen LogP contribution < -0.4 is 10.2 Å². The number of hydrogen-bond acceptors (Lipinski definition) is 6. The third-order valence-electron chi connectivity index (χ3n) is 4.79. The topological polar surface area (TPSA) is 79.4 Å². The molecule has 1 aliphatic heterocycles. The Morgan fingerprint density at radius 2 is 2.11 bits per heavy atom. The first kappa shape index (κ1) is 19.8. The van der Waals surface area contributed by atoms with Crippen molar-refractivity contribution in [1.82, 2.24) is 10.3 Å². The predicted octanol–water partition coefficient (Wildman–Crippen LogP) is 2.51. The first-order valence-corrected chi connectivity index (χ1v) is 11.9. The van der Waals surface area contributed by atoms with Crippen molar-refractivity contribution in [2.24, 2.45) is 5.92 Å². The Labute approximate surface area is 164 Å². The molecule has 1 amide bonds. The summed E-state index contributed by atoms with van der Waals surface area (Å²) in [4.78, 5) is 19.1. The largest absolute Gasteiger partial charge is 0.356 e. The molecule has 1 fully saturated rings. The molecular formula is C19H25N3O3S2. The van der Waals surface area contributed by atoms with Gasteiger partial charge in [0, 0.05) is 43.9 Å². The molecule has 2 heterocycles. The summed E-state index contributed by atoms with van der Waals surface area (Å²) in [6.07, 6.45) is 6.26. The van der Waals surface area contributed by atoms with Gasteiger partial charge in [-0.1, -0.05) is 12.1 Å². The number of aromatic nitrogens is 1. The summed E-state index contributed by atoms with van der Waals surface area (Å²) < 4.78 is 22.9. The molecule has 2 aromatic rings. The molecule has 27 heavy (non-hydrogen) atoms. The summed E-state index contributed by atoms with van der Waals surface area (Å²) in [5.41, 5.74) is 0.963. The maximum atomic E-state index is 12.2. The van der Waals surface area contributed by atoms with Crippen LogP contribution in [0.15, 0.2) is 40.7 Å². The molecule has 3 rings (SSSR count). The highest BCUT2D eigenvalue weighted by atomic mass is 32.2. The van der Waals surface area contributed by atoms with Gasteiger partial charge in [0.2, 0.25) is 5.91 Å². The molecule has 1 aromatic heterocycles. The summed E-state index contributed by atoms with van der Waals surface area (Å²) in [5.74, 6) is 0.481. The highest BCUT2D eigenvalue weighted by Gasteiger charge is 2.21. The number of aryl methyl sites for hydroxylation is 1. The lowest BCUT2D eigenvalue weighted by molar-refractivity contribution is -0.121.